The summed E-state index contributed by atoms with van der Waals surface area (Å²) in [6, 6.07) is 0. The third kappa shape index (κ3) is 4.43. The van der Waals surface area contributed by atoms with Gasteiger partial charge in [0.2, 0.25) is 10.0 Å². The van der Waals surface area contributed by atoms with E-state index in [1.54, 1.807) is 17.0 Å². The molecule has 0 aliphatic carbocycles. The second-order valence-electron chi connectivity index (χ2n) is 4.55. The monoisotopic (exact) mass is 300 g/mol. The molecule has 6 nitrogen and oxygen atoms in total. The molecule has 1 rings (SSSR count). The van der Waals surface area contributed by atoms with Crippen LogP contribution < -0.4 is 5.32 Å². The molecule has 1 heterocycles. The van der Waals surface area contributed by atoms with Crippen molar-refractivity contribution in [2.24, 2.45) is 0 Å². The van der Waals surface area contributed by atoms with Crippen LogP contribution in [0.15, 0.2) is 29.9 Å². The zero-order valence-corrected chi connectivity index (χ0v) is 13.1. The Hall–Kier alpha value is -1.18. The van der Waals surface area contributed by atoms with E-state index in [2.05, 4.69) is 17.0 Å². The summed E-state index contributed by atoms with van der Waals surface area (Å²) >= 11 is 0. The van der Waals surface area contributed by atoms with Crippen LogP contribution in [-0.2, 0) is 16.6 Å². The van der Waals surface area contributed by atoms with Crippen LogP contribution in [0.25, 0.3) is 0 Å². The second-order valence-corrected chi connectivity index (χ2v) is 6.49. The summed E-state index contributed by atoms with van der Waals surface area (Å²) < 4.78 is 28.0. The first-order chi connectivity index (χ1) is 9.56. The molecule has 0 saturated carbocycles. The molecule has 0 amide bonds. The van der Waals surface area contributed by atoms with Crippen LogP contribution in [0.3, 0.4) is 0 Å². The minimum atomic E-state index is -3.47. The van der Waals surface area contributed by atoms with E-state index in [1.807, 2.05) is 14.0 Å². The normalized spacial score (nSPS) is 11.9. The Morgan fingerprint density at radius 1 is 1.55 bits per heavy atom. The molecular weight excluding hydrogens is 276 g/mol. The van der Waals surface area contributed by atoms with Gasteiger partial charge in [-0.3, -0.25) is 4.68 Å². The highest BCUT2D eigenvalue weighted by Gasteiger charge is 2.24. The van der Waals surface area contributed by atoms with Gasteiger partial charge in [0.1, 0.15) is 4.90 Å². The number of hydrogen-bond acceptors (Lipinski definition) is 4. The first kappa shape index (κ1) is 16.9. The zero-order valence-electron chi connectivity index (χ0n) is 12.2. The van der Waals surface area contributed by atoms with Crippen molar-refractivity contribution < 1.29 is 8.42 Å². The number of rotatable bonds is 10. The Labute approximate surface area is 121 Å². The maximum absolute atomic E-state index is 12.5. The van der Waals surface area contributed by atoms with Gasteiger partial charge in [0, 0.05) is 25.8 Å². The van der Waals surface area contributed by atoms with Gasteiger partial charge in [0.05, 0.1) is 6.20 Å². The molecule has 1 N–H and O–H groups in total. The third-order valence-corrected chi connectivity index (χ3v) is 4.69. The van der Waals surface area contributed by atoms with Crippen LogP contribution in [-0.4, -0.2) is 49.2 Å². The summed E-state index contributed by atoms with van der Waals surface area (Å²) in [6.45, 7) is 7.94. The number of nitrogens with one attached hydrogen (secondary N) is 1. The standard InChI is InChI=1S/C13H24N4O2S/c1-4-8-17(9-5-2)20(18,19)13-11-15-16(12-13)10-6-7-14-3/h4,11-12,14H,1,5-10H2,2-3H3. The van der Waals surface area contributed by atoms with Crippen LogP contribution in [0.1, 0.15) is 19.8 Å². The number of aromatic nitrogens is 2. The quantitative estimate of drug-likeness (QED) is 0.519. The molecule has 0 aliphatic rings. The topological polar surface area (TPSA) is 67.2 Å². The van der Waals surface area contributed by atoms with E-state index in [0.29, 0.717) is 19.6 Å². The molecule has 1 aromatic rings. The molecule has 7 heteroatoms. The van der Waals surface area contributed by atoms with Crippen LogP contribution >= 0.6 is 0 Å². The molecule has 0 spiro atoms. The summed E-state index contributed by atoms with van der Waals surface area (Å²) in [5, 5.41) is 7.16. The largest absolute Gasteiger partial charge is 0.320 e. The SMILES string of the molecule is C=CCN(CCC)S(=O)(=O)c1cnn(CCCNC)c1. The van der Waals surface area contributed by atoms with Gasteiger partial charge in [-0.25, -0.2) is 8.42 Å². The van der Waals surface area contributed by atoms with Gasteiger partial charge in [-0.15, -0.1) is 6.58 Å². The molecule has 114 valence electrons. The van der Waals surface area contributed by atoms with Gasteiger partial charge in [-0.05, 0) is 26.4 Å². The van der Waals surface area contributed by atoms with Crippen molar-refractivity contribution in [2.75, 3.05) is 26.7 Å². The Kier molecular flexibility index (Phi) is 6.90. The number of aryl methyl sites for hydroxylation is 1. The van der Waals surface area contributed by atoms with Gasteiger partial charge in [-0.2, -0.15) is 9.40 Å². The van der Waals surface area contributed by atoms with E-state index in [4.69, 9.17) is 0 Å². The van der Waals surface area contributed by atoms with Gasteiger partial charge >= 0.3 is 0 Å². The van der Waals surface area contributed by atoms with Crippen LogP contribution in [0, 0.1) is 0 Å². The van der Waals surface area contributed by atoms with E-state index in [1.165, 1.54) is 10.5 Å². The van der Waals surface area contributed by atoms with E-state index in [0.717, 1.165) is 19.4 Å². The molecule has 0 saturated heterocycles. The highest BCUT2D eigenvalue weighted by atomic mass is 32.2. The Morgan fingerprint density at radius 3 is 2.90 bits per heavy atom. The van der Waals surface area contributed by atoms with Crippen molar-refractivity contribution >= 4 is 10.0 Å². The lowest BCUT2D eigenvalue weighted by molar-refractivity contribution is 0.441. The highest BCUT2D eigenvalue weighted by molar-refractivity contribution is 7.89. The van der Waals surface area contributed by atoms with E-state index >= 15 is 0 Å². The zero-order chi connectivity index (χ0) is 15.0. The predicted molar refractivity (Wildman–Crippen MR) is 80.0 cm³/mol. The maximum Gasteiger partial charge on any atom is 0.246 e. The van der Waals surface area contributed by atoms with Gasteiger partial charge in [0.25, 0.3) is 0 Å². The fraction of sp³-hybridized carbons (Fsp3) is 0.615. The van der Waals surface area contributed by atoms with E-state index < -0.39 is 10.0 Å². The minimum Gasteiger partial charge on any atom is -0.320 e. The molecule has 1 aromatic heterocycles. The number of hydrogen-bond donors (Lipinski definition) is 1. The van der Waals surface area contributed by atoms with E-state index in [9.17, 15) is 8.42 Å². The smallest absolute Gasteiger partial charge is 0.246 e. The predicted octanol–water partition coefficient (Wildman–Crippen LogP) is 1.08. The molecule has 0 radical (unpaired) electrons. The Balaban J connectivity index is 2.83. The fourth-order valence-electron chi connectivity index (χ4n) is 1.87. The van der Waals surface area contributed by atoms with Crippen LogP contribution in [0.4, 0.5) is 0 Å². The summed E-state index contributed by atoms with van der Waals surface area (Å²) in [4.78, 5) is 0.247. The number of sulfonamides is 1. The molecule has 0 unspecified atom stereocenters. The summed E-state index contributed by atoms with van der Waals surface area (Å²) in [5.41, 5.74) is 0. The lowest BCUT2D eigenvalue weighted by atomic mass is 10.4. The van der Waals surface area contributed by atoms with E-state index in [-0.39, 0.29) is 4.90 Å². The molecule has 0 fully saturated rings. The Morgan fingerprint density at radius 2 is 2.30 bits per heavy atom. The highest BCUT2D eigenvalue weighted by Crippen LogP contribution is 2.15. The van der Waals surface area contributed by atoms with Crippen LogP contribution in [0.5, 0.6) is 0 Å². The average Bonchev–Trinajstić information content (AvgIpc) is 2.88. The molecule has 0 aliphatic heterocycles. The summed E-state index contributed by atoms with van der Waals surface area (Å²) in [5.74, 6) is 0. The second kappa shape index (κ2) is 8.18. The van der Waals surface area contributed by atoms with Crippen molar-refractivity contribution in [2.45, 2.75) is 31.2 Å². The molecule has 0 bridgehead atoms. The Bertz CT molecular complexity index is 510. The third-order valence-electron chi connectivity index (χ3n) is 2.87. The van der Waals surface area contributed by atoms with Crippen molar-refractivity contribution in [1.82, 2.24) is 19.4 Å². The molecule has 0 atom stereocenters. The summed E-state index contributed by atoms with van der Waals surface area (Å²) in [6.07, 6.45) is 6.29. The lowest BCUT2D eigenvalue weighted by Gasteiger charge is -2.18. The fourth-order valence-corrected chi connectivity index (χ4v) is 3.33. The van der Waals surface area contributed by atoms with Gasteiger partial charge in [-0.1, -0.05) is 13.0 Å². The molecular formula is C13H24N4O2S. The minimum absolute atomic E-state index is 0.247. The summed E-state index contributed by atoms with van der Waals surface area (Å²) in [7, 11) is -1.59. The van der Waals surface area contributed by atoms with Crippen molar-refractivity contribution in [3.8, 4) is 0 Å². The first-order valence-electron chi connectivity index (χ1n) is 6.84. The lowest BCUT2D eigenvalue weighted by Crippen LogP contribution is -2.31. The number of nitrogens with zero attached hydrogens (tertiary/aromatic N) is 3. The van der Waals surface area contributed by atoms with Crippen molar-refractivity contribution in [3.05, 3.63) is 25.0 Å². The van der Waals surface area contributed by atoms with Crippen molar-refractivity contribution in [3.63, 3.8) is 0 Å². The average molecular weight is 300 g/mol. The van der Waals surface area contributed by atoms with Gasteiger partial charge in [0.15, 0.2) is 0 Å². The van der Waals surface area contributed by atoms with Crippen LogP contribution in [0.2, 0.25) is 0 Å². The maximum atomic E-state index is 12.5. The van der Waals surface area contributed by atoms with Crippen molar-refractivity contribution in [1.29, 1.82) is 0 Å². The first-order valence-corrected chi connectivity index (χ1v) is 8.28. The molecule has 0 aromatic carbocycles. The van der Waals surface area contributed by atoms with Gasteiger partial charge < -0.3 is 5.32 Å². The molecule has 20 heavy (non-hydrogen) atoms.